The molecule has 0 saturated carbocycles. The van der Waals surface area contributed by atoms with Crippen LogP contribution >= 0.6 is 11.3 Å². The molecule has 32 heavy (non-hydrogen) atoms. The lowest BCUT2D eigenvalue weighted by Gasteiger charge is -2.06. The van der Waals surface area contributed by atoms with Gasteiger partial charge < -0.3 is 4.98 Å². The third-order valence-electron chi connectivity index (χ3n) is 6.41. The van der Waals surface area contributed by atoms with Gasteiger partial charge in [-0.25, -0.2) is 0 Å². The second-order valence-corrected chi connectivity index (χ2v) is 9.32. The molecule has 2 aromatic heterocycles. The van der Waals surface area contributed by atoms with Crippen LogP contribution in [0.1, 0.15) is 0 Å². The van der Waals surface area contributed by atoms with Gasteiger partial charge in [-0.15, -0.1) is 11.3 Å². The second kappa shape index (κ2) is 6.81. The topological polar surface area (TPSA) is 15.8 Å². The highest BCUT2D eigenvalue weighted by molar-refractivity contribution is 7.26. The van der Waals surface area contributed by atoms with E-state index < -0.39 is 0 Å². The molecule has 2 heteroatoms. The van der Waals surface area contributed by atoms with E-state index in [0.29, 0.717) is 0 Å². The van der Waals surface area contributed by atoms with Crippen molar-refractivity contribution in [1.29, 1.82) is 0 Å². The van der Waals surface area contributed by atoms with Gasteiger partial charge in [0.25, 0.3) is 0 Å². The Kier molecular flexibility index (Phi) is 3.78. The van der Waals surface area contributed by atoms with E-state index in [1.165, 1.54) is 64.2 Å². The SMILES string of the molecule is c1ccc(-c2ccc3c(c2)[nH]c2c3cc(-c3ccccc3)c3sc4ccccc4c32)cc1. The highest BCUT2D eigenvalue weighted by atomic mass is 32.1. The summed E-state index contributed by atoms with van der Waals surface area (Å²) in [6.07, 6.45) is 0. The molecule has 0 amide bonds. The molecule has 0 aliphatic heterocycles. The van der Waals surface area contributed by atoms with E-state index in [-0.39, 0.29) is 0 Å². The molecule has 0 spiro atoms. The summed E-state index contributed by atoms with van der Waals surface area (Å²) in [5, 5.41) is 5.22. The van der Waals surface area contributed by atoms with Crippen molar-refractivity contribution >= 4 is 53.3 Å². The number of aromatic amines is 1. The van der Waals surface area contributed by atoms with Gasteiger partial charge in [0.15, 0.2) is 0 Å². The highest BCUT2D eigenvalue weighted by Gasteiger charge is 2.17. The van der Waals surface area contributed by atoms with E-state index in [1.54, 1.807) is 0 Å². The molecule has 2 heterocycles. The number of thiophene rings is 1. The van der Waals surface area contributed by atoms with E-state index in [4.69, 9.17) is 0 Å². The molecule has 7 rings (SSSR count). The van der Waals surface area contributed by atoms with Gasteiger partial charge in [-0.1, -0.05) is 91.0 Å². The van der Waals surface area contributed by atoms with Crippen LogP contribution in [0.5, 0.6) is 0 Å². The first-order valence-corrected chi connectivity index (χ1v) is 11.7. The van der Waals surface area contributed by atoms with Gasteiger partial charge >= 0.3 is 0 Å². The molecule has 0 unspecified atom stereocenters. The fraction of sp³-hybridized carbons (Fsp3) is 0. The van der Waals surface area contributed by atoms with E-state index >= 15 is 0 Å². The van der Waals surface area contributed by atoms with Gasteiger partial charge in [-0.05, 0) is 34.9 Å². The number of fused-ring (bicyclic) bond motifs is 7. The lowest BCUT2D eigenvalue weighted by atomic mass is 9.98. The van der Waals surface area contributed by atoms with Crippen molar-refractivity contribution in [2.45, 2.75) is 0 Å². The molecular formula is C30H19NS. The summed E-state index contributed by atoms with van der Waals surface area (Å²) in [7, 11) is 0. The van der Waals surface area contributed by atoms with Crippen molar-refractivity contribution < 1.29 is 0 Å². The monoisotopic (exact) mass is 425 g/mol. The van der Waals surface area contributed by atoms with E-state index in [9.17, 15) is 0 Å². The average Bonchev–Trinajstić information content (AvgIpc) is 3.42. The highest BCUT2D eigenvalue weighted by Crippen LogP contribution is 2.45. The molecule has 1 nitrogen and oxygen atoms in total. The Bertz CT molecular complexity index is 1760. The van der Waals surface area contributed by atoms with Crippen molar-refractivity contribution in [2.24, 2.45) is 0 Å². The van der Waals surface area contributed by atoms with Crippen LogP contribution in [0.25, 0.3) is 64.2 Å². The molecule has 0 atom stereocenters. The Hall–Kier alpha value is -3.88. The predicted octanol–water partition coefficient (Wildman–Crippen LogP) is 9.02. The molecule has 0 radical (unpaired) electrons. The zero-order valence-electron chi connectivity index (χ0n) is 17.3. The minimum Gasteiger partial charge on any atom is -0.354 e. The second-order valence-electron chi connectivity index (χ2n) is 8.27. The lowest BCUT2D eigenvalue weighted by molar-refractivity contribution is 1.56. The van der Waals surface area contributed by atoms with Gasteiger partial charge in [0.1, 0.15) is 0 Å². The number of rotatable bonds is 2. The Balaban J connectivity index is 1.62. The summed E-state index contributed by atoms with van der Waals surface area (Å²) < 4.78 is 2.68. The third kappa shape index (κ3) is 2.57. The number of aromatic nitrogens is 1. The van der Waals surface area contributed by atoms with Crippen LogP contribution in [-0.4, -0.2) is 4.98 Å². The van der Waals surface area contributed by atoms with Crippen molar-refractivity contribution in [1.82, 2.24) is 4.98 Å². The Morgan fingerprint density at radius 1 is 0.531 bits per heavy atom. The summed E-state index contributed by atoms with van der Waals surface area (Å²) in [6.45, 7) is 0. The van der Waals surface area contributed by atoms with E-state index in [0.717, 1.165) is 0 Å². The predicted molar refractivity (Wildman–Crippen MR) is 140 cm³/mol. The maximum atomic E-state index is 3.79. The Labute approximate surface area is 189 Å². The molecule has 0 aliphatic rings. The molecule has 0 fully saturated rings. The number of hydrogen-bond donors (Lipinski definition) is 1. The smallest absolute Gasteiger partial charge is 0.0559 e. The number of H-pyrrole nitrogens is 1. The Morgan fingerprint density at radius 3 is 2.06 bits per heavy atom. The lowest BCUT2D eigenvalue weighted by Crippen LogP contribution is -1.80. The minimum atomic E-state index is 1.18. The van der Waals surface area contributed by atoms with Crippen molar-refractivity contribution in [3.8, 4) is 22.3 Å². The van der Waals surface area contributed by atoms with Crippen LogP contribution in [-0.2, 0) is 0 Å². The summed E-state index contributed by atoms with van der Waals surface area (Å²) in [5.41, 5.74) is 7.47. The molecule has 150 valence electrons. The molecular weight excluding hydrogens is 406 g/mol. The molecule has 5 aromatic carbocycles. The van der Waals surface area contributed by atoms with Gasteiger partial charge in [-0.3, -0.25) is 0 Å². The maximum absolute atomic E-state index is 3.79. The largest absolute Gasteiger partial charge is 0.354 e. The van der Waals surface area contributed by atoms with Crippen LogP contribution in [0.15, 0.2) is 109 Å². The van der Waals surface area contributed by atoms with E-state index in [1.807, 2.05) is 11.3 Å². The third-order valence-corrected chi connectivity index (χ3v) is 7.61. The zero-order chi connectivity index (χ0) is 21.1. The molecule has 0 aliphatic carbocycles. The number of nitrogens with one attached hydrogen (secondary N) is 1. The molecule has 7 aromatic rings. The molecule has 0 bridgehead atoms. The van der Waals surface area contributed by atoms with Crippen molar-refractivity contribution in [3.05, 3.63) is 109 Å². The van der Waals surface area contributed by atoms with Crippen LogP contribution in [0.2, 0.25) is 0 Å². The van der Waals surface area contributed by atoms with Crippen molar-refractivity contribution in [3.63, 3.8) is 0 Å². The van der Waals surface area contributed by atoms with Crippen LogP contribution in [0.3, 0.4) is 0 Å². The fourth-order valence-electron chi connectivity index (χ4n) is 4.90. The van der Waals surface area contributed by atoms with Gasteiger partial charge in [0, 0.05) is 42.0 Å². The van der Waals surface area contributed by atoms with Gasteiger partial charge in [-0.2, -0.15) is 0 Å². The number of hydrogen-bond acceptors (Lipinski definition) is 1. The van der Waals surface area contributed by atoms with Crippen LogP contribution in [0, 0.1) is 0 Å². The summed E-state index contributed by atoms with van der Waals surface area (Å²) in [5.74, 6) is 0. The standard InChI is InChI=1S/C30H19NS/c1-3-9-19(10-4-1)21-15-16-22-25-18-24(20-11-5-2-6-12-20)30-28(29(25)31-26(22)17-21)23-13-7-8-14-27(23)32-30/h1-18,31H. The fourth-order valence-corrected chi connectivity index (χ4v) is 6.15. The molecule has 1 N–H and O–H groups in total. The van der Waals surface area contributed by atoms with E-state index in [2.05, 4.69) is 114 Å². The Morgan fingerprint density at radius 2 is 1.25 bits per heavy atom. The quantitative estimate of drug-likeness (QED) is 0.284. The first kappa shape index (κ1) is 17.8. The maximum Gasteiger partial charge on any atom is 0.0559 e. The normalized spacial score (nSPS) is 11.8. The van der Waals surface area contributed by atoms with Crippen molar-refractivity contribution in [2.75, 3.05) is 0 Å². The van der Waals surface area contributed by atoms with Crippen LogP contribution < -0.4 is 0 Å². The minimum absolute atomic E-state index is 1.18. The summed E-state index contributed by atoms with van der Waals surface area (Å²) in [6, 6.07) is 39.3. The zero-order valence-corrected chi connectivity index (χ0v) is 18.1. The summed E-state index contributed by atoms with van der Waals surface area (Å²) >= 11 is 1.89. The van der Waals surface area contributed by atoms with Gasteiger partial charge in [0.05, 0.1) is 5.52 Å². The van der Waals surface area contributed by atoms with Gasteiger partial charge in [0.2, 0.25) is 0 Å². The van der Waals surface area contributed by atoms with Crippen LogP contribution in [0.4, 0.5) is 0 Å². The molecule has 0 saturated heterocycles. The first-order chi connectivity index (χ1) is 15.9. The summed E-state index contributed by atoms with van der Waals surface area (Å²) in [4.78, 5) is 3.79. The first-order valence-electron chi connectivity index (χ1n) is 10.9. The average molecular weight is 426 g/mol. The number of benzene rings is 5.